The second kappa shape index (κ2) is 4.76. The first-order chi connectivity index (χ1) is 6.52. The van der Waals surface area contributed by atoms with E-state index in [4.69, 9.17) is 0 Å². The summed E-state index contributed by atoms with van der Waals surface area (Å²) in [7, 11) is -1.39. The number of hydrogen-bond donors (Lipinski definition) is 1. The zero-order chi connectivity index (χ0) is 10.6. The van der Waals surface area contributed by atoms with Gasteiger partial charge in [0.1, 0.15) is 0 Å². The van der Waals surface area contributed by atoms with Crippen molar-refractivity contribution in [3.05, 3.63) is 30.3 Å². The number of rotatable bonds is 4. The minimum absolute atomic E-state index is 0.727. The number of nitrogens with one attached hydrogen (secondary N) is 1. The summed E-state index contributed by atoms with van der Waals surface area (Å²) in [4.78, 5) is 3.71. The van der Waals surface area contributed by atoms with Gasteiger partial charge in [-0.05, 0) is 17.6 Å². The molecule has 0 radical (unpaired) electrons. The summed E-state index contributed by atoms with van der Waals surface area (Å²) in [5.74, 6) is 0.727. The molecule has 1 nitrogen and oxygen atoms in total. The van der Waals surface area contributed by atoms with Crippen LogP contribution in [0.5, 0.6) is 0 Å². The van der Waals surface area contributed by atoms with Crippen molar-refractivity contribution in [3.8, 4) is 0 Å². The molecule has 0 heterocycles. The molecule has 0 bridgehead atoms. The van der Waals surface area contributed by atoms with Crippen LogP contribution >= 0.6 is 0 Å². The third-order valence-corrected chi connectivity index (χ3v) is 5.31. The molecule has 1 N–H and O–H groups in total. The highest BCUT2D eigenvalue weighted by Crippen LogP contribution is 2.00. The fourth-order valence-electron chi connectivity index (χ4n) is 1.42. The third-order valence-electron chi connectivity index (χ3n) is 2.45. The van der Waals surface area contributed by atoms with Crippen LogP contribution in [-0.4, -0.2) is 14.8 Å². The van der Waals surface area contributed by atoms with E-state index in [1.807, 2.05) is 0 Å². The summed E-state index contributed by atoms with van der Waals surface area (Å²) in [5, 5.41) is 1.49. The van der Waals surface area contributed by atoms with E-state index in [-0.39, 0.29) is 0 Å². The van der Waals surface area contributed by atoms with Crippen LogP contribution < -0.4 is 10.2 Å². The highest BCUT2D eigenvalue weighted by atomic mass is 28.3. The molecule has 0 spiro atoms. The van der Waals surface area contributed by atoms with E-state index in [0.29, 0.717) is 0 Å². The van der Waals surface area contributed by atoms with Crippen LogP contribution in [-0.2, 0) is 0 Å². The first-order valence-electron chi connectivity index (χ1n) is 5.33. The zero-order valence-corrected chi connectivity index (χ0v) is 10.7. The molecule has 0 aromatic heterocycles. The smallest absolute Gasteiger partial charge is 0.151 e. The van der Waals surface area contributed by atoms with Gasteiger partial charge in [0.2, 0.25) is 0 Å². The molecule has 0 fully saturated rings. The average Bonchev–Trinajstić information content (AvgIpc) is 2.16. The molecule has 1 rings (SSSR count). The maximum absolute atomic E-state index is 3.71. The molecular weight excluding hydrogens is 186 g/mol. The summed E-state index contributed by atoms with van der Waals surface area (Å²) in [6, 6.07) is 10.8. The van der Waals surface area contributed by atoms with Gasteiger partial charge in [-0.25, -0.2) is 0 Å². The van der Waals surface area contributed by atoms with E-state index in [1.165, 1.54) is 5.19 Å². The van der Waals surface area contributed by atoms with Gasteiger partial charge in [-0.15, -0.1) is 0 Å². The molecule has 14 heavy (non-hydrogen) atoms. The largest absolute Gasteiger partial charge is 0.334 e. The lowest BCUT2D eigenvalue weighted by Gasteiger charge is -2.25. The van der Waals surface area contributed by atoms with E-state index in [9.17, 15) is 0 Å². The maximum Gasteiger partial charge on any atom is 0.151 e. The van der Waals surface area contributed by atoms with Gasteiger partial charge in [0.25, 0.3) is 0 Å². The standard InChI is InChI=1S/C12H21NSi/c1-11(2)10-13-14(3,4)12-8-6-5-7-9-12/h5-9,11,13H,10H2,1-4H3. The third kappa shape index (κ3) is 3.27. The molecule has 0 aliphatic carbocycles. The fourth-order valence-corrected chi connectivity index (χ4v) is 3.56. The van der Waals surface area contributed by atoms with Gasteiger partial charge >= 0.3 is 0 Å². The first-order valence-corrected chi connectivity index (χ1v) is 8.33. The molecule has 0 aliphatic rings. The minimum Gasteiger partial charge on any atom is -0.334 e. The molecular formula is C12H21NSi. The molecule has 0 saturated carbocycles. The van der Waals surface area contributed by atoms with E-state index in [0.717, 1.165) is 12.5 Å². The Bertz CT molecular complexity index is 267. The lowest BCUT2D eigenvalue weighted by atomic mass is 10.2. The summed E-state index contributed by atoms with van der Waals surface area (Å²) in [5.41, 5.74) is 0. The summed E-state index contributed by atoms with van der Waals surface area (Å²) < 4.78 is 0. The Labute approximate surface area is 88.6 Å². The number of hydrogen-bond acceptors (Lipinski definition) is 1. The van der Waals surface area contributed by atoms with Crippen LogP contribution in [0.25, 0.3) is 0 Å². The maximum atomic E-state index is 3.71. The molecule has 2 heteroatoms. The van der Waals surface area contributed by atoms with Crippen molar-refractivity contribution in [3.63, 3.8) is 0 Å². The van der Waals surface area contributed by atoms with Gasteiger partial charge in [0, 0.05) is 0 Å². The molecule has 0 saturated heterocycles. The van der Waals surface area contributed by atoms with Crippen molar-refractivity contribution in [2.24, 2.45) is 5.92 Å². The Kier molecular flexibility index (Phi) is 3.90. The van der Waals surface area contributed by atoms with Crippen LogP contribution in [0.15, 0.2) is 30.3 Å². The van der Waals surface area contributed by atoms with Crippen LogP contribution in [0.3, 0.4) is 0 Å². The Balaban J connectivity index is 2.66. The molecule has 0 unspecified atom stereocenters. The van der Waals surface area contributed by atoms with Gasteiger partial charge in [-0.2, -0.15) is 0 Å². The molecule has 0 aliphatic heterocycles. The van der Waals surface area contributed by atoms with Crippen molar-refractivity contribution in [1.29, 1.82) is 0 Å². The van der Waals surface area contributed by atoms with Crippen LogP contribution in [0.4, 0.5) is 0 Å². The molecule has 0 atom stereocenters. The average molecular weight is 207 g/mol. The molecule has 0 amide bonds. The van der Waals surface area contributed by atoms with Gasteiger partial charge in [0.05, 0.1) is 0 Å². The highest BCUT2D eigenvalue weighted by Gasteiger charge is 2.22. The van der Waals surface area contributed by atoms with Crippen molar-refractivity contribution < 1.29 is 0 Å². The molecule has 1 aromatic carbocycles. The zero-order valence-electron chi connectivity index (χ0n) is 9.67. The predicted octanol–water partition coefficient (Wildman–Crippen LogP) is 2.34. The number of benzene rings is 1. The lowest BCUT2D eigenvalue weighted by molar-refractivity contribution is 0.627. The second-order valence-electron chi connectivity index (χ2n) is 4.77. The van der Waals surface area contributed by atoms with Crippen LogP contribution in [0, 0.1) is 5.92 Å². The van der Waals surface area contributed by atoms with Crippen molar-refractivity contribution >= 4 is 13.4 Å². The Hall–Kier alpha value is -0.603. The van der Waals surface area contributed by atoms with E-state index >= 15 is 0 Å². The topological polar surface area (TPSA) is 12.0 Å². The van der Waals surface area contributed by atoms with Gasteiger partial charge in [0.15, 0.2) is 8.24 Å². The predicted molar refractivity (Wildman–Crippen MR) is 66.4 cm³/mol. The monoisotopic (exact) mass is 207 g/mol. The SMILES string of the molecule is CC(C)CN[Si](C)(C)c1ccccc1. The van der Waals surface area contributed by atoms with E-state index in [1.54, 1.807) is 0 Å². The normalized spacial score (nSPS) is 12.1. The summed E-state index contributed by atoms with van der Waals surface area (Å²) >= 11 is 0. The fraction of sp³-hybridized carbons (Fsp3) is 0.500. The van der Waals surface area contributed by atoms with Gasteiger partial charge in [-0.1, -0.05) is 57.3 Å². The first kappa shape index (κ1) is 11.5. The van der Waals surface area contributed by atoms with E-state index < -0.39 is 8.24 Å². The minimum atomic E-state index is -1.39. The van der Waals surface area contributed by atoms with Crippen molar-refractivity contribution in [2.75, 3.05) is 6.54 Å². The van der Waals surface area contributed by atoms with Crippen molar-refractivity contribution in [2.45, 2.75) is 26.9 Å². The van der Waals surface area contributed by atoms with E-state index in [2.05, 4.69) is 62.3 Å². The Morgan fingerprint density at radius 1 is 1.14 bits per heavy atom. The lowest BCUT2D eigenvalue weighted by Crippen LogP contribution is -2.56. The quantitative estimate of drug-likeness (QED) is 0.747. The van der Waals surface area contributed by atoms with Crippen LogP contribution in [0.1, 0.15) is 13.8 Å². The second-order valence-corrected chi connectivity index (χ2v) is 8.95. The van der Waals surface area contributed by atoms with Gasteiger partial charge in [-0.3, -0.25) is 0 Å². The van der Waals surface area contributed by atoms with Crippen molar-refractivity contribution in [1.82, 2.24) is 4.98 Å². The Morgan fingerprint density at radius 3 is 2.21 bits per heavy atom. The van der Waals surface area contributed by atoms with Crippen LogP contribution in [0.2, 0.25) is 13.1 Å². The molecule has 78 valence electrons. The summed E-state index contributed by atoms with van der Waals surface area (Å²) in [6.45, 7) is 10.4. The summed E-state index contributed by atoms with van der Waals surface area (Å²) in [6.07, 6.45) is 0. The van der Waals surface area contributed by atoms with Gasteiger partial charge < -0.3 is 4.98 Å². The molecule has 1 aromatic rings. The Morgan fingerprint density at radius 2 is 1.71 bits per heavy atom. The highest BCUT2D eigenvalue weighted by molar-refractivity contribution is 6.87.